The van der Waals surface area contributed by atoms with Gasteiger partial charge in [0.05, 0.1) is 17.9 Å². The summed E-state index contributed by atoms with van der Waals surface area (Å²) in [4.78, 5) is 36.5. The molecule has 7 nitrogen and oxygen atoms in total. The van der Waals surface area contributed by atoms with Gasteiger partial charge < -0.3 is 10.1 Å². The molecule has 2 atom stereocenters. The Morgan fingerprint density at radius 1 is 1.14 bits per heavy atom. The third-order valence-corrected chi connectivity index (χ3v) is 7.25. The summed E-state index contributed by atoms with van der Waals surface area (Å²) in [5.41, 5.74) is 3.11. The minimum atomic E-state index is -3.10. The second-order valence-corrected chi connectivity index (χ2v) is 10.1. The summed E-state index contributed by atoms with van der Waals surface area (Å²) in [6.07, 6.45) is 3.57. The molecule has 8 heteroatoms. The maximum absolute atomic E-state index is 12.4. The molecule has 1 aromatic carbocycles. The zero-order chi connectivity index (χ0) is 21.0. The monoisotopic (exact) mass is 421 g/mol. The van der Waals surface area contributed by atoms with Crippen LogP contribution in [0.3, 0.4) is 0 Å². The molecule has 1 heterocycles. The van der Waals surface area contributed by atoms with E-state index in [2.05, 4.69) is 5.32 Å². The fourth-order valence-electron chi connectivity index (χ4n) is 3.80. The minimum Gasteiger partial charge on any atom is -0.453 e. The zero-order valence-electron chi connectivity index (χ0n) is 16.6. The number of rotatable bonds is 7. The molecule has 1 saturated heterocycles. The molecule has 29 heavy (non-hydrogen) atoms. The number of aryl methyl sites for hydroxylation is 2. The maximum atomic E-state index is 12.4. The number of ether oxygens (including phenoxy) is 1. The average molecular weight is 422 g/mol. The number of nitrogens with one attached hydrogen (secondary N) is 1. The van der Waals surface area contributed by atoms with E-state index in [4.69, 9.17) is 4.74 Å². The second kappa shape index (κ2) is 9.07. The van der Waals surface area contributed by atoms with Gasteiger partial charge in [0.25, 0.3) is 5.91 Å². The molecule has 0 radical (unpaired) electrons. The van der Waals surface area contributed by atoms with Crippen LogP contribution in [0.1, 0.15) is 60.5 Å². The molecular formula is C21H27NO6S. The van der Waals surface area contributed by atoms with Crippen LogP contribution >= 0.6 is 0 Å². The molecule has 0 spiro atoms. The average Bonchev–Trinajstić information content (AvgIpc) is 3.03. The van der Waals surface area contributed by atoms with E-state index in [0.717, 1.165) is 19.3 Å². The van der Waals surface area contributed by atoms with Gasteiger partial charge in [-0.25, -0.2) is 8.42 Å². The molecule has 158 valence electrons. The molecule has 1 aliphatic carbocycles. The van der Waals surface area contributed by atoms with Crippen LogP contribution in [0.4, 0.5) is 0 Å². The zero-order valence-corrected chi connectivity index (χ0v) is 17.4. The number of hydrogen-bond donors (Lipinski definition) is 1. The van der Waals surface area contributed by atoms with Crippen molar-refractivity contribution >= 4 is 27.5 Å². The number of amides is 1. The third-order valence-electron chi connectivity index (χ3n) is 5.48. The van der Waals surface area contributed by atoms with Crippen LogP contribution in [-0.2, 0) is 37.0 Å². The van der Waals surface area contributed by atoms with E-state index >= 15 is 0 Å². The van der Waals surface area contributed by atoms with E-state index in [9.17, 15) is 22.8 Å². The fraction of sp³-hybridized carbons (Fsp3) is 0.571. The molecule has 1 amide bonds. The number of sulfone groups is 1. The van der Waals surface area contributed by atoms with E-state index in [-0.39, 0.29) is 30.1 Å². The lowest BCUT2D eigenvalue weighted by Crippen LogP contribution is -2.42. The van der Waals surface area contributed by atoms with Crippen molar-refractivity contribution in [1.29, 1.82) is 0 Å². The van der Waals surface area contributed by atoms with Crippen LogP contribution in [0.5, 0.6) is 0 Å². The van der Waals surface area contributed by atoms with Crippen LogP contribution in [0.2, 0.25) is 0 Å². The lowest BCUT2D eigenvalue weighted by Gasteiger charge is -2.17. The highest BCUT2D eigenvalue weighted by atomic mass is 32.2. The van der Waals surface area contributed by atoms with Crippen molar-refractivity contribution in [3.63, 3.8) is 0 Å². The number of fused-ring (bicyclic) bond motifs is 1. The standard InChI is InChI=1S/C21H27NO6S/c1-14(21(25)22-18-10-11-29(26,27)13-18)28-20(24)9-8-19(23)17-7-6-15-4-2-3-5-16(15)12-17/h6-7,12,14,18H,2-5,8-11,13H2,1H3,(H,22,25)/t14-,18+/m1/s1. The van der Waals surface area contributed by atoms with Crippen molar-refractivity contribution < 1.29 is 27.5 Å². The number of ketones is 1. The Morgan fingerprint density at radius 3 is 2.55 bits per heavy atom. The molecule has 1 aliphatic heterocycles. The van der Waals surface area contributed by atoms with E-state index < -0.39 is 33.9 Å². The number of carbonyl (C=O) groups excluding carboxylic acids is 3. The number of carbonyl (C=O) groups is 3. The quantitative estimate of drug-likeness (QED) is 0.531. The van der Waals surface area contributed by atoms with E-state index in [0.29, 0.717) is 12.0 Å². The summed E-state index contributed by atoms with van der Waals surface area (Å²) in [7, 11) is -3.10. The van der Waals surface area contributed by atoms with Crippen molar-refractivity contribution in [3.8, 4) is 0 Å². The minimum absolute atomic E-state index is 0.0207. The van der Waals surface area contributed by atoms with Gasteiger partial charge in [-0.05, 0) is 56.2 Å². The molecule has 0 bridgehead atoms. The van der Waals surface area contributed by atoms with Crippen LogP contribution in [0.15, 0.2) is 18.2 Å². The molecule has 3 rings (SSSR count). The van der Waals surface area contributed by atoms with Gasteiger partial charge in [0.1, 0.15) is 0 Å². The predicted molar refractivity (Wildman–Crippen MR) is 107 cm³/mol. The van der Waals surface area contributed by atoms with E-state index in [1.54, 1.807) is 0 Å². The first kappa shape index (κ1) is 21.5. The smallest absolute Gasteiger partial charge is 0.307 e. The van der Waals surface area contributed by atoms with Gasteiger partial charge in [-0.15, -0.1) is 0 Å². The highest BCUT2D eigenvalue weighted by Crippen LogP contribution is 2.23. The predicted octanol–water partition coefficient (Wildman–Crippen LogP) is 1.76. The molecular weight excluding hydrogens is 394 g/mol. The summed E-state index contributed by atoms with van der Waals surface area (Å²) in [5.74, 6) is -1.31. The number of hydrogen-bond acceptors (Lipinski definition) is 6. The Morgan fingerprint density at radius 2 is 1.86 bits per heavy atom. The first-order valence-corrected chi connectivity index (χ1v) is 11.9. The van der Waals surface area contributed by atoms with Gasteiger partial charge >= 0.3 is 5.97 Å². The number of benzene rings is 1. The van der Waals surface area contributed by atoms with Crippen LogP contribution < -0.4 is 5.32 Å². The Kier molecular flexibility index (Phi) is 6.72. The molecule has 1 aromatic rings. The van der Waals surface area contributed by atoms with Gasteiger partial charge in [-0.2, -0.15) is 0 Å². The summed E-state index contributed by atoms with van der Waals surface area (Å²) in [6, 6.07) is 5.28. The molecule has 0 saturated carbocycles. The van der Waals surface area contributed by atoms with Gasteiger partial charge in [-0.1, -0.05) is 12.1 Å². The topological polar surface area (TPSA) is 107 Å². The Labute approximate surface area is 171 Å². The lowest BCUT2D eigenvalue weighted by molar-refractivity contribution is -0.154. The van der Waals surface area contributed by atoms with E-state index in [1.807, 2.05) is 18.2 Å². The summed E-state index contributed by atoms with van der Waals surface area (Å²) in [5, 5.41) is 2.60. The molecule has 1 fully saturated rings. The van der Waals surface area contributed by atoms with Crippen molar-refractivity contribution in [2.75, 3.05) is 11.5 Å². The summed E-state index contributed by atoms with van der Waals surface area (Å²) >= 11 is 0. The maximum Gasteiger partial charge on any atom is 0.307 e. The number of esters is 1. The Bertz CT molecular complexity index is 908. The van der Waals surface area contributed by atoms with Crippen LogP contribution in [0.25, 0.3) is 0 Å². The van der Waals surface area contributed by atoms with Gasteiger partial charge in [0.15, 0.2) is 21.7 Å². The first-order chi connectivity index (χ1) is 13.7. The molecule has 1 N–H and O–H groups in total. The fourth-order valence-corrected chi connectivity index (χ4v) is 5.48. The largest absolute Gasteiger partial charge is 0.453 e. The van der Waals surface area contributed by atoms with E-state index in [1.165, 1.54) is 24.5 Å². The van der Waals surface area contributed by atoms with Gasteiger partial charge in [0.2, 0.25) is 0 Å². The highest BCUT2D eigenvalue weighted by Gasteiger charge is 2.30. The first-order valence-electron chi connectivity index (χ1n) is 10.1. The molecule has 0 aromatic heterocycles. The number of Topliss-reactive ketones (excluding diaryl/α,β-unsaturated/α-hetero) is 1. The van der Waals surface area contributed by atoms with Crippen molar-refractivity contribution in [2.45, 2.75) is 64.0 Å². The van der Waals surface area contributed by atoms with Crippen molar-refractivity contribution in [2.24, 2.45) is 0 Å². The Hall–Kier alpha value is -2.22. The molecule has 0 unspecified atom stereocenters. The normalized spacial score (nSPS) is 21.1. The third kappa shape index (κ3) is 5.88. The van der Waals surface area contributed by atoms with Gasteiger partial charge in [0, 0.05) is 18.0 Å². The molecule has 2 aliphatic rings. The van der Waals surface area contributed by atoms with Crippen molar-refractivity contribution in [1.82, 2.24) is 5.32 Å². The second-order valence-electron chi connectivity index (χ2n) is 7.85. The summed E-state index contributed by atoms with van der Waals surface area (Å²) in [6.45, 7) is 1.43. The Balaban J connectivity index is 1.44. The lowest BCUT2D eigenvalue weighted by atomic mass is 9.89. The van der Waals surface area contributed by atoms with Crippen LogP contribution in [0, 0.1) is 0 Å². The summed E-state index contributed by atoms with van der Waals surface area (Å²) < 4.78 is 28.0. The van der Waals surface area contributed by atoms with Crippen LogP contribution in [-0.4, -0.2) is 49.7 Å². The van der Waals surface area contributed by atoms with Gasteiger partial charge in [-0.3, -0.25) is 14.4 Å². The SMILES string of the molecule is C[C@@H](OC(=O)CCC(=O)c1ccc2c(c1)CCCC2)C(=O)N[C@H]1CCS(=O)(=O)C1. The highest BCUT2D eigenvalue weighted by molar-refractivity contribution is 7.91. The van der Waals surface area contributed by atoms with Crippen molar-refractivity contribution in [3.05, 3.63) is 34.9 Å².